The molecule has 0 spiro atoms. The SMILES string of the molecule is C[n+]1c(-c2ccccc2)cc(C=C2Sc3ccccc3N2CCO)c2ccccc21.[I-]. The summed E-state index contributed by atoms with van der Waals surface area (Å²) in [5.41, 5.74) is 5.91. The summed E-state index contributed by atoms with van der Waals surface area (Å²) in [5.74, 6) is 0. The molecular formula is C26H23IN2OS. The lowest BCUT2D eigenvalue weighted by Crippen LogP contribution is -3.00. The topological polar surface area (TPSA) is 27.4 Å². The molecule has 0 saturated heterocycles. The van der Waals surface area contributed by atoms with Crippen molar-refractivity contribution in [2.24, 2.45) is 7.05 Å². The molecule has 2 heterocycles. The number of aliphatic hydroxyl groups excluding tert-OH is 1. The van der Waals surface area contributed by atoms with E-state index in [0.29, 0.717) is 6.54 Å². The molecule has 0 bridgehead atoms. The minimum atomic E-state index is 0. The summed E-state index contributed by atoms with van der Waals surface area (Å²) in [7, 11) is 2.12. The van der Waals surface area contributed by atoms with E-state index < -0.39 is 0 Å². The number of aliphatic hydroxyl groups is 1. The largest absolute Gasteiger partial charge is 1.00 e. The molecule has 3 aromatic carbocycles. The molecular weight excluding hydrogens is 515 g/mol. The van der Waals surface area contributed by atoms with E-state index in [1.807, 2.05) is 6.07 Å². The molecule has 0 fully saturated rings. The second-order valence-corrected chi connectivity index (χ2v) is 8.42. The Kier molecular flexibility index (Phi) is 6.65. The van der Waals surface area contributed by atoms with Gasteiger partial charge < -0.3 is 34.0 Å². The van der Waals surface area contributed by atoms with Gasteiger partial charge >= 0.3 is 0 Å². The van der Waals surface area contributed by atoms with Crippen molar-refractivity contribution < 1.29 is 33.7 Å². The minimum absolute atomic E-state index is 0. The van der Waals surface area contributed by atoms with E-state index in [-0.39, 0.29) is 30.6 Å². The van der Waals surface area contributed by atoms with Gasteiger partial charge in [-0.1, -0.05) is 54.2 Å². The zero-order chi connectivity index (χ0) is 20.5. The number of benzene rings is 3. The van der Waals surface area contributed by atoms with Gasteiger partial charge in [0.2, 0.25) is 11.2 Å². The first-order valence-electron chi connectivity index (χ1n) is 10.1. The Morgan fingerprint density at radius 1 is 0.935 bits per heavy atom. The van der Waals surface area contributed by atoms with Gasteiger partial charge in [-0.05, 0) is 42.0 Å². The standard InChI is InChI=1S/C26H23N2OS.HI/c1-27-22-12-6-5-11-21(22)20(17-24(27)19-9-3-2-4-10-19)18-26-28(15-16-29)23-13-7-8-14-25(23)30-26;/h2-14,17-18,29H,15-16H2,1H3;1H/q+1;/p-1. The fourth-order valence-corrected chi connectivity index (χ4v) is 5.23. The third-order valence-electron chi connectivity index (χ3n) is 5.54. The molecule has 0 unspecified atom stereocenters. The van der Waals surface area contributed by atoms with Gasteiger partial charge in [0.15, 0.2) is 0 Å². The Labute approximate surface area is 204 Å². The first-order valence-corrected chi connectivity index (χ1v) is 10.9. The summed E-state index contributed by atoms with van der Waals surface area (Å²) in [5, 5.41) is 12.0. The van der Waals surface area contributed by atoms with E-state index in [0.717, 1.165) is 10.7 Å². The normalized spacial score (nSPS) is 14.0. The molecule has 1 aliphatic rings. The molecule has 0 atom stereocenters. The molecule has 4 aromatic rings. The number of nitrogens with zero attached hydrogens (tertiary/aromatic N) is 2. The number of thioether (sulfide) groups is 1. The number of hydrogen-bond donors (Lipinski definition) is 1. The van der Waals surface area contributed by atoms with E-state index in [4.69, 9.17) is 0 Å². The molecule has 1 aromatic heterocycles. The third-order valence-corrected chi connectivity index (χ3v) is 6.65. The van der Waals surface area contributed by atoms with Gasteiger partial charge in [-0.3, -0.25) is 0 Å². The number of β-amino-alcohol motifs (C(OH)–C–C–N with tert-alkyl or cyclic N) is 1. The summed E-state index contributed by atoms with van der Waals surface area (Å²) < 4.78 is 2.26. The maximum atomic E-state index is 9.66. The van der Waals surface area contributed by atoms with Crippen LogP contribution >= 0.6 is 11.8 Å². The second-order valence-electron chi connectivity index (χ2n) is 7.35. The van der Waals surface area contributed by atoms with E-state index in [2.05, 4.69) is 101 Å². The zero-order valence-electron chi connectivity index (χ0n) is 17.2. The van der Waals surface area contributed by atoms with E-state index >= 15 is 0 Å². The number of pyridine rings is 1. The van der Waals surface area contributed by atoms with Crippen LogP contribution in [0.2, 0.25) is 0 Å². The number of rotatable bonds is 4. The smallest absolute Gasteiger partial charge is 0.213 e. The van der Waals surface area contributed by atoms with Crippen LogP contribution in [0.1, 0.15) is 5.56 Å². The molecule has 0 aliphatic carbocycles. The third kappa shape index (κ3) is 4.10. The predicted molar refractivity (Wildman–Crippen MR) is 125 cm³/mol. The quantitative estimate of drug-likeness (QED) is 0.319. The Hall–Kier alpha value is -2.35. The number of hydrogen-bond acceptors (Lipinski definition) is 3. The monoisotopic (exact) mass is 538 g/mol. The van der Waals surface area contributed by atoms with Crippen molar-refractivity contribution in [1.82, 2.24) is 0 Å². The maximum absolute atomic E-state index is 9.66. The molecule has 0 radical (unpaired) electrons. The van der Waals surface area contributed by atoms with Gasteiger partial charge in [0.25, 0.3) is 0 Å². The highest BCUT2D eigenvalue weighted by atomic mass is 127. The fraction of sp³-hybridized carbons (Fsp3) is 0.115. The van der Waals surface area contributed by atoms with Gasteiger partial charge in [0, 0.05) is 29.1 Å². The van der Waals surface area contributed by atoms with Crippen molar-refractivity contribution in [2.45, 2.75) is 4.90 Å². The highest BCUT2D eigenvalue weighted by Gasteiger charge is 2.25. The van der Waals surface area contributed by atoms with Gasteiger partial charge in [-0.2, -0.15) is 4.57 Å². The van der Waals surface area contributed by atoms with Crippen LogP contribution in [0.5, 0.6) is 0 Å². The second kappa shape index (κ2) is 9.42. The number of aromatic nitrogens is 1. The molecule has 5 heteroatoms. The van der Waals surface area contributed by atoms with Crippen LogP contribution < -0.4 is 33.4 Å². The van der Waals surface area contributed by atoms with E-state index in [9.17, 15) is 5.11 Å². The van der Waals surface area contributed by atoms with Crippen LogP contribution in [-0.2, 0) is 7.05 Å². The van der Waals surface area contributed by atoms with Gasteiger partial charge in [-0.25, -0.2) is 0 Å². The van der Waals surface area contributed by atoms with Gasteiger partial charge in [-0.15, -0.1) is 0 Å². The number of aryl methyl sites for hydroxylation is 1. The molecule has 156 valence electrons. The number of para-hydroxylation sites is 2. The minimum Gasteiger partial charge on any atom is -1.00 e. The highest BCUT2D eigenvalue weighted by molar-refractivity contribution is 8.03. The summed E-state index contributed by atoms with van der Waals surface area (Å²) in [6, 6.07) is 29.7. The van der Waals surface area contributed by atoms with Crippen LogP contribution in [0.3, 0.4) is 0 Å². The molecule has 31 heavy (non-hydrogen) atoms. The van der Waals surface area contributed by atoms with Crippen molar-refractivity contribution in [2.75, 3.05) is 18.1 Å². The molecule has 0 amide bonds. The summed E-state index contributed by atoms with van der Waals surface area (Å²) >= 11 is 1.76. The average molecular weight is 538 g/mol. The van der Waals surface area contributed by atoms with E-state index in [1.54, 1.807) is 11.8 Å². The predicted octanol–water partition coefficient (Wildman–Crippen LogP) is 2.24. The van der Waals surface area contributed by atoms with Crippen molar-refractivity contribution in [3.63, 3.8) is 0 Å². The zero-order valence-corrected chi connectivity index (χ0v) is 20.2. The van der Waals surface area contributed by atoms with Crippen LogP contribution in [0, 0.1) is 0 Å². The first-order chi connectivity index (χ1) is 14.8. The Morgan fingerprint density at radius 2 is 1.65 bits per heavy atom. The van der Waals surface area contributed by atoms with Crippen molar-refractivity contribution in [1.29, 1.82) is 0 Å². The number of anilines is 1. The highest BCUT2D eigenvalue weighted by Crippen LogP contribution is 2.46. The van der Waals surface area contributed by atoms with Gasteiger partial charge in [0.05, 0.1) is 22.7 Å². The summed E-state index contributed by atoms with van der Waals surface area (Å²) in [4.78, 5) is 3.44. The van der Waals surface area contributed by atoms with Crippen LogP contribution in [-0.4, -0.2) is 18.3 Å². The van der Waals surface area contributed by atoms with Crippen molar-refractivity contribution in [3.05, 3.63) is 95.5 Å². The molecule has 3 nitrogen and oxygen atoms in total. The summed E-state index contributed by atoms with van der Waals surface area (Å²) in [6.07, 6.45) is 2.26. The Balaban J connectivity index is 0.00000231. The lowest BCUT2D eigenvalue weighted by atomic mass is 10.0. The van der Waals surface area contributed by atoms with Crippen molar-refractivity contribution >= 4 is 34.4 Å². The lowest BCUT2D eigenvalue weighted by Gasteiger charge is -2.19. The Morgan fingerprint density at radius 3 is 2.45 bits per heavy atom. The summed E-state index contributed by atoms with van der Waals surface area (Å²) in [6.45, 7) is 0.700. The number of fused-ring (bicyclic) bond motifs is 2. The fourth-order valence-electron chi connectivity index (χ4n) is 4.09. The number of halogens is 1. The molecule has 1 aliphatic heterocycles. The van der Waals surface area contributed by atoms with Crippen LogP contribution in [0.4, 0.5) is 5.69 Å². The van der Waals surface area contributed by atoms with Crippen LogP contribution in [0.15, 0.2) is 94.9 Å². The molecule has 5 rings (SSSR count). The lowest BCUT2D eigenvalue weighted by molar-refractivity contribution is -0.633. The first kappa shape index (κ1) is 21.9. The maximum Gasteiger partial charge on any atom is 0.213 e. The van der Waals surface area contributed by atoms with Crippen LogP contribution in [0.25, 0.3) is 28.2 Å². The molecule has 0 saturated carbocycles. The van der Waals surface area contributed by atoms with Crippen molar-refractivity contribution in [3.8, 4) is 11.3 Å². The average Bonchev–Trinajstić information content (AvgIpc) is 3.14. The van der Waals surface area contributed by atoms with E-state index in [1.165, 1.54) is 32.6 Å². The Bertz CT molecular complexity index is 1260. The van der Waals surface area contributed by atoms with Gasteiger partial charge in [0.1, 0.15) is 7.05 Å². The molecule has 1 N–H and O–H groups in total.